The molecule has 0 bridgehead atoms. The second-order valence-electron chi connectivity index (χ2n) is 6.21. The van der Waals surface area contributed by atoms with Gasteiger partial charge < -0.3 is 14.6 Å². The van der Waals surface area contributed by atoms with E-state index in [9.17, 15) is 18.0 Å². The van der Waals surface area contributed by atoms with Gasteiger partial charge in [0.2, 0.25) is 0 Å². The Balaban J connectivity index is 1.88. The molecule has 3 rings (SSSR count). The minimum absolute atomic E-state index is 0.0231. The van der Waals surface area contributed by atoms with Crippen molar-refractivity contribution in [3.05, 3.63) is 70.2 Å². The van der Waals surface area contributed by atoms with Crippen LogP contribution in [0.2, 0.25) is 5.02 Å². The van der Waals surface area contributed by atoms with Crippen LogP contribution in [0, 0.1) is 12.7 Å². The van der Waals surface area contributed by atoms with Gasteiger partial charge in [-0.2, -0.15) is 8.78 Å². The maximum absolute atomic E-state index is 14.3. The molecule has 1 atom stereocenters. The SMILES string of the molecule is Cc1onc(-c2c(F)cccc2Cl)c1C(=O)NC(C)c1cccc(OC(F)F)c1. The number of alkyl halides is 2. The number of carbonyl (C=O) groups excluding carboxylic acids is 1. The lowest BCUT2D eigenvalue weighted by atomic mass is 10.0. The number of hydrogen-bond donors (Lipinski definition) is 1. The highest BCUT2D eigenvalue weighted by Crippen LogP contribution is 2.33. The summed E-state index contributed by atoms with van der Waals surface area (Å²) in [5, 5.41) is 6.59. The lowest BCUT2D eigenvalue weighted by Crippen LogP contribution is -2.27. The molecule has 0 spiro atoms. The van der Waals surface area contributed by atoms with Gasteiger partial charge in [-0.05, 0) is 43.7 Å². The Morgan fingerprint density at radius 3 is 2.66 bits per heavy atom. The van der Waals surface area contributed by atoms with Crippen LogP contribution in [0.5, 0.6) is 5.75 Å². The molecule has 1 amide bonds. The molecule has 0 aliphatic rings. The third kappa shape index (κ3) is 4.54. The molecule has 1 unspecified atom stereocenters. The van der Waals surface area contributed by atoms with Crippen molar-refractivity contribution in [1.82, 2.24) is 10.5 Å². The summed E-state index contributed by atoms with van der Waals surface area (Å²) in [7, 11) is 0. The molecule has 29 heavy (non-hydrogen) atoms. The van der Waals surface area contributed by atoms with Gasteiger partial charge in [0.1, 0.15) is 28.6 Å². The molecule has 1 N–H and O–H groups in total. The summed E-state index contributed by atoms with van der Waals surface area (Å²) in [6.45, 7) is 0.225. The highest BCUT2D eigenvalue weighted by atomic mass is 35.5. The minimum Gasteiger partial charge on any atom is -0.435 e. The summed E-state index contributed by atoms with van der Waals surface area (Å²) in [4.78, 5) is 12.9. The van der Waals surface area contributed by atoms with E-state index in [-0.39, 0.29) is 33.4 Å². The molecule has 2 aromatic carbocycles. The Bertz CT molecular complexity index is 1020. The average molecular weight is 425 g/mol. The lowest BCUT2D eigenvalue weighted by Gasteiger charge is -2.16. The number of aryl methyl sites for hydroxylation is 1. The van der Waals surface area contributed by atoms with Gasteiger partial charge in [-0.3, -0.25) is 4.79 Å². The highest BCUT2D eigenvalue weighted by Gasteiger charge is 2.26. The summed E-state index contributed by atoms with van der Waals surface area (Å²) < 4.78 is 48.6. The fourth-order valence-electron chi connectivity index (χ4n) is 2.85. The molecule has 0 saturated carbocycles. The monoisotopic (exact) mass is 424 g/mol. The maximum Gasteiger partial charge on any atom is 0.387 e. The number of aromatic nitrogens is 1. The van der Waals surface area contributed by atoms with E-state index in [1.807, 2.05) is 0 Å². The number of ether oxygens (including phenoxy) is 1. The number of nitrogens with zero attached hydrogens (tertiary/aromatic N) is 1. The van der Waals surface area contributed by atoms with Gasteiger partial charge in [0.25, 0.3) is 5.91 Å². The van der Waals surface area contributed by atoms with Gasteiger partial charge >= 0.3 is 6.61 Å². The Labute approximate surface area is 169 Å². The smallest absolute Gasteiger partial charge is 0.387 e. The molecule has 9 heteroatoms. The van der Waals surface area contributed by atoms with Crippen LogP contribution in [-0.4, -0.2) is 17.7 Å². The Kier molecular flexibility index (Phi) is 6.12. The van der Waals surface area contributed by atoms with Crippen molar-refractivity contribution in [1.29, 1.82) is 0 Å². The second-order valence-corrected chi connectivity index (χ2v) is 6.61. The predicted octanol–water partition coefficient (Wildman–Crippen LogP) is 5.53. The van der Waals surface area contributed by atoms with E-state index in [1.54, 1.807) is 13.0 Å². The van der Waals surface area contributed by atoms with Gasteiger partial charge in [0.15, 0.2) is 0 Å². The first-order chi connectivity index (χ1) is 13.8. The van der Waals surface area contributed by atoms with Crippen LogP contribution >= 0.6 is 11.6 Å². The zero-order valence-corrected chi connectivity index (χ0v) is 16.1. The molecule has 3 aromatic rings. The molecule has 0 radical (unpaired) electrons. The van der Waals surface area contributed by atoms with Gasteiger partial charge in [-0.15, -0.1) is 0 Å². The summed E-state index contributed by atoms with van der Waals surface area (Å²) in [6, 6.07) is 9.50. The summed E-state index contributed by atoms with van der Waals surface area (Å²) in [5.74, 6) is -1.08. The van der Waals surface area contributed by atoms with Crippen molar-refractivity contribution in [2.75, 3.05) is 0 Å². The van der Waals surface area contributed by atoms with Crippen molar-refractivity contribution in [2.45, 2.75) is 26.5 Å². The Morgan fingerprint density at radius 2 is 1.97 bits per heavy atom. The topological polar surface area (TPSA) is 64.4 Å². The van der Waals surface area contributed by atoms with Crippen LogP contribution in [0.3, 0.4) is 0 Å². The lowest BCUT2D eigenvalue weighted by molar-refractivity contribution is -0.0499. The largest absolute Gasteiger partial charge is 0.435 e. The second kappa shape index (κ2) is 8.57. The Morgan fingerprint density at radius 1 is 1.24 bits per heavy atom. The van der Waals surface area contributed by atoms with Crippen LogP contribution in [-0.2, 0) is 0 Å². The maximum atomic E-state index is 14.3. The molecule has 0 aliphatic heterocycles. The number of nitrogens with one attached hydrogen (secondary N) is 1. The summed E-state index contributed by atoms with van der Waals surface area (Å²) in [6.07, 6.45) is 0. The zero-order chi connectivity index (χ0) is 21.1. The Hall–Kier alpha value is -3.00. The van der Waals surface area contributed by atoms with Gasteiger partial charge in [0.05, 0.1) is 16.6 Å². The normalized spacial score (nSPS) is 12.1. The zero-order valence-electron chi connectivity index (χ0n) is 15.4. The van der Waals surface area contributed by atoms with Crippen LogP contribution < -0.4 is 10.1 Å². The van der Waals surface area contributed by atoms with Crippen LogP contribution in [0.4, 0.5) is 13.2 Å². The summed E-state index contributed by atoms with van der Waals surface area (Å²) >= 11 is 6.08. The number of amides is 1. The van der Waals surface area contributed by atoms with Crippen molar-refractivity contribution in [3.63, 3.8) is 0 Å². The first-order valence-electron chi connectivity index (χ1n) is 8.54. The molecule has 0 saturated heterocycles. The molecular formula is C20H16ClF3N2O3. The number of rotatable bonds is 6. The van der Waals surface area contributed by atoms with Crippen molar-refractivity contribution < 1.29 is 27.2 Å². The minimum atomic E-state index is -2.96. The van der Waals surface area contributed by atoms with Crippen molar-refractivity contribution in [3.8, 4) is 17.0 Å². The third-order valence-electron chi connectivity index (χ3n) is 4.22. The third-order valence-corrected chi connectivity index (χ3v) is 4.54. The summed E-state index contributed by atoms with van der Waals surface area (Å²) in [5.41, 5.74) is 0.501. The standard InChI is InChI=1S/C20H16ClF3N2O3/c1-10(12-5-3-6-13(9-12)28-20(23)24)25-19(27)16-11(2)29-26-18(16)17-14(21)7-4-8-15(17)22/h3-10,20H,1-2H3,(H,25,27). The van der Waals surface area contributed by atoms with E-state index in [1.165, 1.54) is 43.3 Å². The number of carbonyl (C=O) groups is 1. The van der Waals surface area contributed by atoms with E-state index in [0.717, 1.165) is 0 Å². The van der Waals surface area contributed by atoms with E-state index in [4.69, 9.17) is 16.1 Å². The van der Waals surface area contributed by atoms with E-state index >= 15 is 0 Å². The first-order valence-corrected chi connectivity index (χ1v) is 8.92. The number of halogens is 4. The molecule has 5 nitrogen and oxygen atoms in total. The fraction of sp³-hybridized carbons (Fsp3) is 0.200. The molecule has 1 aromatic heterocycles. The molecule has 0 aliphatic carbocycles. The molecule has 152 valence electrons. The molecule has 0 fully saturated rings. The first kappa shape index (κ1) is 20.7. The number of benzene rings is 2. The molecule has 1 heterocycles. The number of hydrogen-bond acceptors (Lipinski definition) is 4. The van der Waals surface area contributed by atoms with Gasteiger partial charge in [0, 0.05) is 0 Å². The van der Waals surface area contributed by atoms with Crippen molar-refractivity contribution >= 4 is 17.5 Å². The van der Waals surface area contributed by atoms with E-state index in [0.29, 0.717) is 5.56 Å². The average Bonchev–Trinajstić information content (AvgIpc) is 3.02. The van der Waals surface area contributed by atoms with E-state index in [2.05, 4.69) is 15.2 Å². The van der Waals surface area contributed by atoms with Crippen LogP contribution in [0.15, 0.2) is 47.0 Å². The van der Waals surface area contributed by atoms with Crippen LogP contribution in [0.25, 0.3) is 11.3 Å². The quantitative estimate of drug-likeness (QED) is 0.564. The van der Waals surface area contributed by atoms with Crippen LogP contribution in [0.1, 0.15) is 34.6 Å². The fourth-order valence-corrected chi connectivity index (χ4v) is 3.10. The predicted molar refractivity (Wildman–Crippen MR) is 101 cm³/mol. The molecular weight excluding hydrogens is 409 g/mol. The van der Waals surface area contributed by atoms with Gasteiger partial charge in [-0.25, -0.2) is 4.39 Å². The van der Waals surface area contributed by atoms with E-state index < -0.39 is 24.4 Å². The highest BCUT2D eigenvalue weighted by molar-refractivity contribution is 6.33. The van der Waals surface area contributed by atoms with Crippen molar-refractivity contribution in [2.24, 2.45) is 0 Å². The van der Waals surface area contributed by atoms with Gasteiger partial charge in [-0.1, -0.05) is 35.0 Å².